The van der Waals surface area contributed by atoms with E-state index in [-0.39, 0.29) is 44.5 Å². The third-order valence-electron chi connectivity index (χ3n) is 4.96. The van der Waals surface area contributed by atoms with Gasteiger partial charge in [0.05, 0.1) is 0 Å². The number of hydrogen-bond donors (Lipinski definition) is 3. The van der Waals surface area contributed by atoms with Crippen molar-refractivity contribution in [3.8, 4) is 0 Å². The number of rotatable bonds is 4. The van der Waals surface area contributed by atoms with Gasteiger partial charge in [-0.1, -0.05) is 12.8 Å². The average molecular weight is 308 g/mol. The summed E-state index contributed by atoms with van der Waals surface area (Å²) in [4.78, 5) is 12.1. The summed E-state index contributed by atoms with van der Waals surface area (Å²) >= 11 is 0. The number of aliphatic hydroxyl groups excluding tert-OH is 1. The number of halogens is 3. The average Bonchev–Trinajstić information content (AvgIpc) is 2.95. The molecule has 7 heteroatoms. The number of nitrogens with one attached hydrogen (secondary N) is 2. The van der Waals surface area contributed by atoms with Crippen LogP contribution in [0.25, 0.3) is 0 Å². The molecule has 2 fully saturated rings. The lowest BCUT2D eigenvalue weighted by atomic mass is 9.79. The third kappa shape index (κ3) is 3.34. The summed E-state index contributed by atoms with van der Waals surface area (Å²) in [6, 6.07) is 0. The van der Waals surface area contributed by atoms with Gasteiger partial charge in [-0.15, -0.1) is 0 Å². The van der Waals surface area contributed by atoms with Gasteiger partial charge in [0.1, 0.15) is 0 Å². The van der Waals surface area contributed by atoms with Gasteiger partial charge in [0, 0.05) is 19.7 Å². The van der Waals surface area contributed by atoms with E-state index in [0.29, 0.717) is 0 Å². The summed E-state index contributed by atoms with van der Waals surface area (Å²) < 4.78 is 39.7. The standard InChI is InChI=1S/C14H23F3N2O2/c15-14(16,17)13(5-6-18-9-13)12(21)19-7-10-3-1-2-4-11(10)8-20/h10-11,18,20H,1-9H2,(H,19,21). The molecule has 0 aromatic carbocycles. The minimum Gasteiger partial charge on any atom is -0.396 e. The highest BCUT2D eigenvalue weighted by Gasteiger charge is 2.61. The molecule has 0 radical (unpaired) electrons. The lowest BCUT2D eigenvalue weighted by Gasteiger charge is -2.33. The molecule has 1 saturated carbocycles. The van der Waals surface area contributed by atoms with E-state index in [9.17, 15) is 23.1 Å². The Morgan fingerprint density at radius 3 is 2.48 bits per heavy atom. The van der Waals surface area contributed by atoms with Crippen LogP contribution in [0.5, 0.6) is 0 Å². The Bertz CT molecular complexity index is 368. The molecule has 1 amide bonds. The first-order valence-electron chi connectivity index (χ1n) is 7.57. The molecule has 3 N–H and O–H groups in total. The van der Waals surface area contributed by atoms with Crippen molar-refractivity contribution in [3.05, 3.63) is 0 Å². The van der Waals surface area contributed by atoms with Crippen LogP contribution in [0.4, 0.5) is 13.2 Å². The molecule has 0 aromatic heterocycles. The molecule has 4 nitrogen and oxygen atoms in total. The number of carbonyl (C=O) groups is 1. The number of alkyl halides is 3. The van der Waals surface area contributed by atoms with E-state index < -0.39 is 17.5 Å². The second kappa shape index (κ2) is 6.52. The van der Waals surface area contributed by atoms with Crippen LogP contribution in [0.3, 0.4) is 0 Å². The SMILES string of the molecule is O=C(NCC1CCCCC1CO)C1(C(F)(F)F)CCNC1. The van der Waals surface area contributed by atoms with Crippen LogP contribution in [0.1, 0.15) is 32.1 Å². The zero-order chi connectivity index (χ0) is 15.5. The molecule has 3 atom stereocenters. The Morgan fingerprint density at radius 1 is 1.29 bits per heavy atom. The quantitative estimate of drug-likeness (QED) is 0.736. The van der Waals surface area contributed by atoms with E-state index in [2.05, 4.69) is 10.6 Å². The minimum atomic E-state index is -4.54. The van der Waals surface area contributed by atoms with E-state index in [0.717, 1.165) is 25.7 Å². The fourth-order valence-corrected chi connectivity index (χ4v) is 3.44. The molecule has 1 aliphatic heterocycles. The van der Waals surface area contributed by atoms with E-state index in [1.165, 1.54) is 0 Å². The second-order valence-corrected chi connectivity index (χ2v) is 6.20. The maximum Gasteiger partial charge on any atom is 0.404 e. The monoisotopic (exact) mass is 308 g/mol. The van der Waals surface area contributed by atoms with Crippen molar-refractivity contribution in [2.24, 2.45) is 17.3 Å². The van der Waals surface area contributed by atoms with Crippen molar-refractivity contribution in [1.29, 1.82) is 0 Å². The van der Waals surface area contributed by atoms with Crippen molar-refractivity contribution in [3.63, 3.8) is 0 Å². The summed E-state index contributed by atoms with van der Waals surface area (Å²) in [6.07, 6.45) is -0.985. The summed E-state index contributed by atoms with van der Waals surface area (Å²) in [5.74, 6) is -0.766. The normalized spacial score (nSPS) is 33.9. The van der Waals surface area contributed by atoms with Gasteiger partial charge in [0.2, 0.25) is 5.91 Å². The highest BCUT2D eigenvalue weighted by molar-refractivity contribution is 5.84. The first kappa shape index (κ1) is 16.5. The van der Waals surface area contributed by atoms with Crippen molar-refractivity contribution >= 4 is 5.91 Å². The molecule has 2 aliphatic rings. The topological polar surface area (TPSA) is 61.4 Å². The van der Waals surface area contributed by atoms with Gasteiger partial charge in [-0.25, -0.2) is 0 Å². The molecule has 21 heavy (non-hydrogen) atoms. The molecule has 1 heterocycles. The van der Waals surface area contributed by atoms with Gasteiger partial charge in [-0.05, 0) is 37.6 Å². The van der Waals surface area contributed by atoms with Gasteiger partial charge in [0.15, 0.2) is 5.41 Å². The Hall–Kier alpha value is -0.820. The number of carbonyl (C=O) groups excluding carboxylic acids is 1. The molecule has 1 saturated heterocycles. The summed E-state index contributed by atoms with van der Waals surface area (Å²) in [6.45, 7) is 0.112. The summed E-state index contributed by atoms with van der Waals surface area (Å²) in [7, 11) is 0. The number of hydrogen-bond acceptors (Lipinski definition) is 3. The molecule has 0 aromatic rings. The number of amides is 1. The van der Waals surface area contributed by atoms with E-state index >= 15 is 0 Å². The van der Waals surface area contributed by atoms with E-state index in [1.54, 1.807) is 0 Å². The van der Waals surface area contributed by atoms with Crippen LogP contribution in [0.15, 0.2) is 0 Å². The lowest BCUT2D eigenvalue weighted by Crippen LogP contribution is -2.53. The number of aliphatic hydroxyl groups is 1. The van der Waals surface area contributed by atoms with Crippen LogP contribution in [-0.4, -0.2) is 43.4 Å². The fourth-order valence-electron chi connectivity index (χ4n) is 3.44. The Balaban J connectivity index is 1.96. The van der Waals surface area contributed by atoms with Crippen LogP contribution in [-0.2, 0) is 4.79 Å². The molecule has 2 rings (SSSR count). The molecule has 3 unspecified atom stereocenters. The maximum absolute atomic E-state index is 13.2. The van der Waals surface area contributed by atoms with Crippen LogP contribution < -0.4 is 10.6 Å². The molecular formula is C14H23F3N2O2. The van der Waals surface area contributed by atoms with Gasteiger partial charge in [0.25, 0.3) is 0 Å². The molecule has 122 valence electrons. The highest BCUT2D eigenvalue weighted by atomic mass is 19.4. The highest BCUT2D eigenvalue weighted by Crippen LogP contribution is 2.43. The Labute approximate surface area is 122 Å². The van der Waals surface area contributed by atoms with Gasteiger partial charge >= 0.3 is 6.18 Å². The maximum atomic E-state index is 13.2. The zero-order valence-electron chi connectivity index (χ0n) is 12.0. The first-order chi connectivity index (χ1) is 9.90. The summed E-state index contributed by atoms with van der Waals surface area (Å²) in [5.41, 5.74) is -2.30. The minimum absolute atomic E-state index is 0.0342. The van der Waals surface area contributed by atoms with Crippen LogP contribution in [0, 0.1) is 17.3 Å². The Kier molecular flexibility index (Phi) is 5.14. The van der Waals surface area contributed by atoms with Gasteiger partial charge in [-0.2, -0.15) is 13.2 Å². The third-order valence-corrected chi connectivity index (χ3v) is 4.96. The predicted octanol–water partition coefficient (Wildman–Crippen LogP) is 1.44. The second-order valence-electron chi connectivity index (χ2n) is 6.20. The fraction of sp³-hybridized carbons (Fsp3) is 0.929. The largest absolute Gasteiger partial charge is 0.404 e. The van der Waals surface area contributed by atoms with Crippen LogP contribution in [0.2, 0.25) is 0 Å². The van der Waals surface area contributed by atoms with Crippen LogP contribution >= 0.6 is 0 Å². The van der Waals surface area contributed by atoms with Crippen molar-refractivity contribution < 1.29 is 23.1 Å². The smallest absolute Gasteiger partial charge is 0.396 e. The molecule has 0 spiro atoms. The zero-order valence-corrected chi connectivity index (χ0v) is 12.0. The van der Waals surface area contributed by atoms with E-state index in [1.807, 2.05) is 0 Å². The first-order valence-corrected chi connectivity index (χ1v) is 7.57. The lowest BCUT2D eigenvalue weighted by molar-refractivity contribution is -0.216. The van der Waals surface area contributed by atoms with Gasteiger partial charge < -0.3 is 15.7 Å². The predicted molar refractivity (Wildman–Crippen MR) is 71.5 cm³/mol. The molecular weight excluding hydrogens is 285 g/mol. The van der Waals surface area contributed by atoms with Crippen molar-refractivity contribution in [1.82, 2.24) is 10.6 Å². The molecule has 0 bridgehead atoms. The van der Waals surface area contributed by atoms with Crippen molar-refractivity contribution in [2.75, 3.05) is 26.2 Å². The summed E-state index contributed by atoms with van der Waals surface area (Å²) in [5, 5.41) is 14.4. The molecule has 1 aliphatic carbocycles. The Morgan fingerprint density at radius 2 is 1.95 bits per heavy atom. The van der Waals surface area contributed by atoms with Gasteiger partial charge in [-0.3, -0.25) is 4.79 Å². The van der Waals surface area contributed by atoms with E-state index in [4.69, 9.17) is 0 Å². The van der Waals surface area contributed by atoms with Crippen molar-refractivity contribution in [2.45, 2.75) is 38.3 Å².